The first-order valence-electron chi connectivity index (χ1n) is 11.8. The number of benzene rings is 1. The summed E-state index contributed by atoms with van der Waals surface area (Å²) in [6.45, 7) is 3.12. The number of ether oxygens (including phenoxy) is 3. The molecule has 0 N–H and O–H groups in total. The number of aryl methyl sites for hydroxylation is 1. The minimum Gasteiger partial charge on any atom is -0.493 e. The average Bonchev–Trinajstić information content (AvgIpc) is 3.12. The molecule has 166 valence electrons. The third-order valence-electron chi connectivity index (χ3n) is 9.44. The lowest BCUT2D eigenvalue weighted by atomic mass is 9.39. The van der Waals surface area contributed by atoms with E-state index in [0.717, 1.165) is 50.1 Å². The molecule has 1 saturated carbocycles. The molecular formula is C26H33NO4. The highest BCUT2D eigenvalue weighted by atomic mass is 16.6. The van der Waals surface area contributed by atoms with Crippen LogP contribution in [0.25, 0.3) is 0 Å². The highest BCUT2D eigenvalue weighted by Crippen LogP contribution is 2.73. The van der Waals surface area contributed by atoms with Crippen LogP contribution in [-0.4, -0.2) is 56.2 Å². The molecule has 5 nitrogen and oxygen atoms in total. The lowest BCUT2D eigenvalue weighted by molar-refractivity contribution is -0.210. The van der Waals surface area contributed by atoms with Gasteiger partial charge in [-0.1, -0.05) is 25.1 Å². The lowest BCUT2D eigenvalue weighted by Crippen LogP contribution is -2.77. The Kier molecular flexibility index (Phi) is 4.06. The van der Waals surface area contributed by atoms with Crippen molar-refractivity contribution in [1.29, 1.82) is 0 Å². The van der Waals surface area contributed by atoms with Crippen molar-refractivity contribution in [1.82, 2.24) is 4.90 Å². The van der Waals surface area contributed by atoms with E-state index in [9.17, 15) is 4.79 Å². The highest BCUT2D eigenvalue weighted by molar-refractivity contribution is 5.84. The van der Waals surface area contributed by atoms with Gasteiger partial charge in [0.15, 0.2) is 11.5 Å². The van der Waals surface area contributed by atoms with E-state index in [1.807, 2.05) is 0 Å². The number of methoxy groups -OCH3 is 2. The van der Waals surface area contributed by atoms with E-state index >= 15 is 0 Å². The van der Waals surface area contributed by atoms with Gasteiger partial charge >= 0.3 is 0 Å². The van der Waals surface area contributed by atoms with Gasteiger partial charge in [-0.2, -0.15) is 0 Å². The summed E-state index contributed by atoms with van der Waals surface area (Å²) in [5, 5.41) is 0. The number of fused-ring (bicyclic) bond motifs is 1. The zero-order chi connectivity index (χ0) is 21.6. The van der Waals surface area contributed by atoms with Crippen LogP contribution >= 0.6 is 0 Å². The van der Waals surface area contributed by atoms with Gasteiger partial charge in [0.25, 0.3) is 0 Å². The van der Waals surface area contributed by atoms with E-state index in [4.69, 9.17) is 14.2 Å². The fourth-order valence-electron chi connectivity index (χ4n) is 8.25. The molecule has 31 heavy (non-hydrogen) atoms. The molecule has 2 heterocycles. The first-order valence-corrected chi connectivity index (χ1v) is 11.8. The highest BCUT2D eigenvalue weighted by Gasteiger charge is 2.78. The average molecular weight is 424 g/mol. The summed E-state index contributed by atoms with van der Waals surface area (Å²) >= 11 is 0. The van der Waals surface area contributed by atoms with Gasteiger partial charge in [0.2, 0.25) is 0 Å². The Labute approximate surface area is 184 Å². The summed E-state index contributed by atoms with van der Waals surface area (Å²) < 4.78 is 19.0. The molecule has 6 aliphatic rings. The number of carbonyl (C=O) groups excluding carboxylic acids is 1. The van der Waals surface area contributed by atoms with Crippen molar-refractivity contribution in [3.05, 3.63) is 35.4 Å². The molecule has 1 aromatic carbocycles. The number of rotatable bonds is 5. The van der Waals surface area contributed by atoms with Crippen LogP contribution in [0, 0.1) is 11.3 Å². The third-order valence-corrected chi connectivity index (χ3v) is 9.44. The van der Waals surface area contributed by atoms with Crippen molar-refractivity contribution in [3.8, 4) is 11.5 Å². The predicted octanol–water partition coefficient (Wildman–Crippen LogP) is 3.67. The molecule has 2 spiro atoms. The Morgan fingerprint density at radius 3 is 2.87 bits per heavy atom. The summed E-state index contributed by atoms with van der Waals surface area (Å²) in [4.78, 5) is 16.0. The molecule has 1 saturated heterocycles. The summed E-state index contributed by atoms with van der Waals surface area (Å²) in [6.07, 6.45) is 9.91. The zero-order valence-electron chi connectivity index (χ0n) is 19.1. The maximum absolute atomic E-state index is 13.5. The molecule has 0 amide bonds. The number of nitrogens with zero attached hydrogens (tertiary/aromatic N) is 1. The van der Waals surface area contributed by atoms with E-state index in [-0.39, 0.29) is 22.9 Å². The maximum Gasteiger partial charge on any atom is 0.166 e. The van der Waals surface area contributed by atoms with Crippen molar-refractivity contribution in [2.24, 2.45) is 11.3 Å². The van der Waals surface area contributed by atoms with Crippen LogP contribution in [0.2, 0.25) is 0 Å². The van der Waals surface area contributed by atoms with Gasteiger partial charge in [0.05, 0.1) is 18.4 Å². The summed E-state index contributed by atoms with van der Waals surface area (Å²) in [7, 11) is 5.74. The van der Waals surface area contributed by atoms with Gasteiger partial charge in [-0.3, -0.25) is 4.79 Å². The second-order valence-electron chi connectivity index (χ2n) is 10.3. The molecule has 6 atom stereocenters. The van der Waals surface area contributed by atoms with E-state index in [0.29, 0.717) is 18.2 Å². The van der Waals surface area contributed by atoms with Crippen molar-refractivity contribution in [3.63, 3.8) is 0 Å². The number of piperidine rings is 1. The molecule has 1 unspecified atom stereocenters. The van der Waals surface area contributed by atoms with Gasteiger partial charge in [-0.25, -0.2) is 0 Å². The summed E-state index contributed by atoms with van der Waals surface area (Å²) in [5.41, 5.74) is 1.72. The fraction of sp³-hybridized carbons (Fsp3) is 0.654. The monoisotopic (exact) mass is 423 g/mol. The number of likely N-dealkylation sites (tertiary alicyclic amines) is 1. The molecule has 0 radical (unpaired) electrons. The van der Waals surface area contributed by atoms with Crippen LogP contribution in [0.4, 0.5) is 0 Å². The first kappa shape index (κ1) is 19.8. The number of ketones is 1. The van der Waals surface area contributed by atoms with Crippen molar-refractivity contribution >= 4 is 5.78 Å². The summed E-state index contributed by atoms with van der Waals surface area (Å²) in [5.74, 6) is 1.85. The minimum absolute atomic E-state index is 0.123. The molecule has 5 heteroatoms. The van der Waals surface area contributed by atoms with E-state index in [1.165, 1.54) is 11.1 Å². The Morgan fingerprint density at radius 1 is 1.29 bits per heavy atom. The van der Waals surface area contributed by atoms with E-state index < -0.39 is 5.60 Å². The van der Waals surface area contributed by atoms with Crippen molar-refractivity contribution in [2.45, 2.75) is 68.6 Å². The SMILES string of the molecule is CCCC(=O)[C@H]1C[C@@]23C=C[C@]1(OC)[C@@H]1Oc4c(OC)ccc5c4C12CCN(C)[C@@H]3CC5. The number of carbonyl (C=O) groups is 1. The Balaban J connectivity index is 1.67. The summed E-state index contributed by atoms with van der Waals surface area (Å²) in [6, 6.07) is 4.69. The van der Waals surface area contributed by atoms with Gasteiger partial charge in [-0.05, 0) is 57.3 Å². The molecule has 7 rings (SSSR count). The Morgan fingerprint density at radius 2 is 2.13 bits per heavy atom. The Hall–Kier alpha value is -1.85. The lowest BCUT2D eigenvalue weighted by Gasteiger charge is -2.68. The number of hydrogen-bond acceptors (Lipinski definition) is 5. The minimum atomic E-state index is -0.722. The topological polar surface area (TPSA) is 48.0 Å². The molecule has 0 aromatic heterocycles. The van der Waals surface area contributed by atoms with Crippen LogP contribution in [0.15, 0.2) is 24.3 Å². The van der Waals surface area contributed by atoms with E-state index in [1.54, 1.807) is 14.2 Å². The van der Waals surface area contributed by atoms with Crippen LogP contribution in [0.5, 0.6) is 11.5 Å². The molecule has 2 fully saturated rings. The third kappa shape index (κ3) is 2.04. The Bertz CT molecular complexity index is 988. The van der Waals surface area contributed by atoms with Crippen molar-refractivity contribution in [2.75, 3.05) is 27.8 Å². The van der Waals surface area contributed by atoms with Crippen LogP contribution in [0.1, 0.15) is 50.2 Å². The largest absolute Gasteiger partial charge is 0.493 e. The van der Waals surface area contributed by atoms with E-state index in [2.05, 4.69) is 43.2 Å². The number of hydrogen-bond donors (Lipinski definition) is 0. The first-order chi connectivity index (χ1) is 15.0. The van der Waals surface area contributed by atoms with Crippen LogP contribution in [-0.2, 0) is 21.4 Å². The quantitative estimate of drug-likeness (QED) is 0.677. The zero-order valence-corrected chi connectivity index (χ0v) is 19.1. The van der Waals surface area contributed by atoms with Gasteiger partial charge in [0, 0.05) is 30.6 Å². The normalized spacial score (nSPS) is 41.5. The maximum atomic E-state index is 13.5. The fourth-order valence-corrected chi connectivity index (χ4v) is 8.25. The van der Waals surface area contributed by atoms with Crippen molar-refractivity contribution < 1.29 is 19.0 Å². The van der Waals surface area contributed by atoms with Crippen LogP contribution < -0.4 is 9.47 Å². The predicted molar refractivity (Wildman–Crippen MR) is 118 cm³/mol. The molecule has 4 aliphatic carbocycles. The molecule has 1 aromatic rings. The number of Topliss-reactive ketones (excluding diaryl/α,β-unsaturated/α-hetero) is 1. The van der Waals surface area contributed by atoms with Gasteiger partial charge < -0.3 is 19.1 Å². The molecule has 4 bridgehead atoms. The smallest absolute Gasteiger partial charge is 0.166 e. The molecule has 2 aliphatic heterocycles. The van der Waals surface area contributed by atoms with Gasteiger partial charge in [0.1, 0.15) is 17.5 Å². The standard InChI is InChI=1S/C26H33NO4/c1-5-6-18(28)17-15-24-11-12-26(17,30-4)23-25(24)13-14-27(2)20(24)10-8-16-7-9-19(29-3)22(31-23)21(16)25/h7,9,11-12,17,20,23H,5-6,8,10,13-15H2,1-4H3/t17-,20-,23-,24-,25?,26-/m1/s1. The molecular weight excluding hydrogens is 390 g/mol. The second kappa shape index (κ2) is 6.35. The van der Waals surface area contributed by atoms with Gasteiger partial charge in [-0.15, -0.1) is 0 Å². The second-order valence-corrected chi connectivity index (χ2v) is 10.3. The van der Waals surface area contributed by atoms with Crippen LogP contribution in [0.3, 0.4) is 0 Å².